The van der Waals surface area contributed by atoms with Gasteiger partial charge in [0, 0.05) is 12.1 Å². The van der Waals surface area contributed by atoms with E-state index in [2.05, 4.69) is 0 Å². The molecule has 1 aromatic heterocycles. The van der Waals surface area contributed by atoms with Crippen molar-refractivity contribution in [3.05, 3.63) is 46.8 Å². The lowest BCUT2D eigenvalue weighted by Gasteiger charge is -2.16. The number of benzene rings is 2. The molecule has 0 spiro atoms. The van der Waals surface area contributed by atoms with E-state index in [4.69, 9.17) is 23.7 Å². The van der Waals surface area contributed by atoms with Crippen LogP contribution in [0.1, 0.15) is 13.8 Å². The predicted molar refractivity (Wildman–Crippen MR) is 107 cm³/mol. The van der Waals surface area contributed by atoms with Gasteiger partial charge in [-0.15, -0.1) is 0 Å². The molecule has 0 amide bonds. The number of carbonyl (C=O) groups excluding carboxylic acids is 1. The number of esters is 1. The van der Waals surface area contributed by atoms with Crippen molar-refractivity contribution in [3.63, 3.8) is 0 Å². The lowest BCUT2D eigenvalue weighted by Crippen LogP contribution is -2.40. The van der Waals surface area contributed by atoms with E-state index in [-0.39, 0.29) is 52.9 Å². The number of hydrogen-bond acceptors (Lipinski definition) is 8. The minimum Gasteiger partial charge on any atom is -0.617 e. The average Bonchev–Trinajstić information content (AvgIpc) is 3.09. The number of hydrogen-bond donors (Lipinski definition) is 0. The average molecular weight is 430 g/mol. The Bertz CT molecular complexity index is 1150. The van der Waals surface area contributed by atoms with E-state index in [0.29, 0.717) is 16.1 Å². The second-order valence-corrected chi connectivity index (χ2v) is 7.48. The van der Waals surface area contributed by atoms with Gasteiger partial charge in [0.05, 0.1) is 20.3 Å². The van der Waals surface area contributed by atoms with E-state index in [1.165, 1.54) is 31.4 Å². The maximum Gasteiger partial charge on any atom is 0.337 e. The molecule has 2 heterocycles. The van der Waals surface area contributed by atoms with E-state index in [0.717, 1.165) is 0 Å². The summed E-state index contributed by atoms with van der Waals surface area (Å²) in [5, 5.41) is 25.9. The van der Waals surface area contributed by atoms with Crippen LogP contribution in [0.15, 0.2) is 36.4 Å². The number of para-hydroxylation sites is 2. The lowest BCUT2D eigenvalue weighted by molar-refractivity contribution is -0.591. The van der Waals surface area contributed by atoms with Crippen LogP contribution in [0, 0.1) is 10.4 Å². The molecule has 1 aliphatic rings. The molecule has 164 valence electrons. The van der Waals surface area contributed by atoms with E-state index < -0.39 is 11.8 Å². The smallest absolute Gasteiger partial charge is 0.337 e. The first-order chi connectivity index (χ1) is 14.8. The van der Waals surface area contributed by atoms with E-state index in [1.54, 1.807) is 26.0 Å². The van der Waals surface area contributed by atoms with Crippen LogP contribution in [-0.4, -0.2) is 44.8 Å². The summed E-state index contributed by atoms with van der Waals surface area (Å²) in [6.07, 6.45) is -0.287. The number of carbonyl (C=O) groups is 1. The Morgan fingerprint density at radius 3 is 2.29 bits per heavy atom. The summed E-state index contributed by atoms with van der Waals surface area (Å²) in [4.78, 5) is 12.3. The Balaban J connectivity index is 1.56. The molecule has 0 saturated carbocycles. The molecule has 0 aliphatic carbocycles. The predicted octanol–water partition coefficient (Wildman–Crippen LogP) is 1.34. The topological polar surface area (TPSA) is 117 Å². The first kappa shape index (κ1) is 21.0. The number of fused-ring (bicyclic) bond motifs is 2. The van der Waals surface area contributed by atoms with Crippen molar-refractivity contribution < 1.29 is 37.9 Å². The number of aromatic nitrogens is 2. The van der Waals surface area contributed by atoms with Crippen molar-refractivity contribution >= 4 is 28.0 Å². The summed E-state index contributed by atoms with van der Waals surface area (Å²) < 4.78 is 28.1. The second-order valence-electron chi connectivity index (χ2n) is 7.48. The van der Waals surface area contributed by atoms with Gasteiger partial charge in [0.1, 0.15) is 12.7 Å². The lowest BCUT2D eigenvalue weighted by atomic mass is 10.2. The molecule has 3 aromatic rings. The number of ether oxygens (including phenoxy) is 5. The summed E-state index contributed by atoms with van der Waals surface area (Å²) in [7, 11) is 1.41. The summed E-state index contributed by atoms with van der Waals surface area (Å²) in [6.45, 7) is 3.75. The highest BCUT2D eigenvalue weighted by Gasteiger charge is 2.33. The number of nitrogens with zero attached hydrogens (tertiary/aromatic N) is 2. The molecule has 0 radical (unpaired) electrons. The SMILES string of the molecule is COc1cccc2c1[n+]([O-])c1cccc(OC(=O)COCC3COC(C)(C)O3)c1[n+]2[O-]. The summed E-state index contributed by atoms with van der Waals surface area (Å²) in [5.41, 5.74) is 0.140. The summed E-state index contributed by atoms with van der Waals surface area (Å²) in [6, 6.07) is 9.11. The highest BCUT2D eigenvalue weighted by Crippen LogP contribution is 2.26. The zero-order valence-electron chi connectivity index (χ0n) is 17.3. The minimum absolute atomic E-state index is 0.0388. The van der Waals surface area contributed by atoms with E-state index in [9.17, 15) is 15.2 Å². The molecule has 10 heteroatoms. The van der Waals surface area contributed by atoms with Gasteiger partial charge >= 0.3 is 17.0 Å². The molecule has 1 unspecified atom stereocenters. The van der Waals surface area contributed by atoms with Gasteiger partial charge in [-0.3, -0.25) is 0 Å². The first-order valence-corrected chi connectivity index (χ1v) is 9.65. The third kappa shape index (κ3) is 4.05. The van der Waals surface area contributed by atoms with Crippen LogP contribution in [0.2, 0.25) is 0 Å². The molecule has 10 nitrogen and oxygen atoms in total. The van der Waals surface area contributed by atoms with Gasteiger partial charge in [-0.1, -0.05) is 12.1 Å². The highest BCUT2D eigenvalue weighted by molar-refractivity contribution is 5.85. The molecule has 0 bridgehead atoms. The Morgan fingerprint density at radius 1 is 1.10 bits per heavy atom. The third-order valence-corrected chi connectivity index (χ3v) is 4.83. The maximum atomic E-state index is 13.0. The largest absolute Gasteiger partial charge is 0.617 e. The molecule has 2 aromatic carbocycles. The monoisotopic (exact) mass is 430 g/mol. The maximum absolute atomic E-state index is 13.0. The second kappa shape index (κ2) is 8.14. The molecular weight excluding hydrogens is 408 g/mol. The van der Waals surface area contributed by atoms with Gasteiger partial charge < -0.3 is 34.1 Å². The van der Waals surface area contributed by atoms with E-state index in [1.807, 2.05) is 0 Å². The van der Waals surface area contributed by atoms with Crippen molar-refractivity contribution in [2.45, 2.75) is 25.7 Å². The highest BCUT2D eigenvalue weighted by atomic mass is 16.7. The van der Waals surface area contributed by atoms with Crippen molar-refractivity contribution in [3.8, 4) is 11.5 Å². The van der Waals surface area contributed by atoms with Crippen LogP contribution in [0.25, 0.3) is 22.1 Å². The van der Waals surface area contributed by atoms with Crippen LogP contribution in [-0.2, 0) is 19.0 Å². The molecule has 1 saturated heterocycles. The van der Waals surface area contributed by atoms with Gasteiger partial charge in [0.15, 0.2) is 11.5 Å². The van der Waals surface area contributed by atoms with Gasteiger partial charge in [-0.2, -0.15) is 9.46 Å². The molecule has 31 heavy (non-hydrogen) atoms. The quantitative estimate of drug-likeness (QED) is 0.189. The van der Waals surface area contributed by atoms with Gasteiger partial charge in [0.25, 0.3) is 11.0 Å². The molecule has 1 atom stereocenters. The van der Waals surface area contributed by atoms with Crippen LogP contribution in [0.4, 0.5) is 0 Å². The first-order valence-electron chi connectivity index (χ1n) is 9.65. The molecular formula is C21H22N2O8. The fourth-order valence-electron chi connectivity index (χ4n) is 3.52. The van der Waals surface area contributed by atoms with E-state index >= 15 is 0 Å². The van der Waals surface area contributed by atoms with Crippen LogP contribution in [0.3, 0.4) is 0 Å². The van der Waals surface area contributed by atoms with Crippen molar-refractivity contribution in [2.75, 3.05) is 26.9 Å². The zero-order chi connectivity index (χ0) is 22.2. The summed E-state index contributed by atoms with van der Waals surface area (Å²) >= 11 is 0. The molecule has 1 aliphatic heterocycles. The molecule has 0 N–H and O–H groups in total. The number of rotatable bonds is 6. The Morgan fingerprint density at radius 2 is 1.71 bits per heavy atom. The zero-order valence-corrected chi connectivity index (χ0v) is 17.3. The van der Waals surface area contributed by atoms with Crippen molar-refractivity contribution in [1.82, 2.24) is 0 Å². The van der Waals surface area contributed by atoms with Crippen LogP contribution in [0.5, 0.6) is 11.5 Å². The van der Waals surface area contributed by atoms with Crippen molar-refractivity contribution in [2.24, 2.45) is 0 Å². The summed E-state index contributed by atoms with van der Waals surface area (Å²) in [5.74, 6) is -1.18. The van der Waals surface area contributed by atoms with Crippen LogP contribution >= 0.6 is 0 Å². The van der Waals surface area contributed by atoms with Crippen molar-refractivity contribution in [1.29, 1.82) is 0 Å². The molecule has 4 rings (SSSR count). The van der Waals surface area contributed by atoms with Crippen LogP contribution < -0.4 is 18.9 Å². The fourth-order valence-corrected chi connectivity index (χ4v) is 3.52. The normalized spacial score (nSPS) is 17.8. The standard InChI is InChI=1S/C21H22N2O8/c1-21(2)29-11-13(31-21)10-28-12-18(24)30-17-9-5-7-15-20(17)23(26)14-6-4-8-16(27-3)19(14)22(15)25/h4-9,13H,10-12H2,1-3H3. The van der Waals surface area contributed by atoms with Gasteiger partial charge in [-0.25, -0.2) is 4.79 Å². The third-order valence-electron chi connectivity index (χ3n) is 4.83. The van der Waals surface area contributed by atoms with Gasteiger partial charge in [-0.05, 0) is 26.0 Å². The Kier molecular flexibility index (Phi) is 5.52. The number of methoxy groups -OCH3 is 1. The van der Waals surface area contributed by atoms with Gasteiger partial charge in [0.2, 0.25) is 5.75 Å². The fraction of sp³-hybridized carbons (Fsp3) is 0.381. The Labute approximate surface area is 177 Å². The Hall–Kier alpha value is -3.21. The minimum atomic E-state index is -0.714. The molecule has 1 fully saturated rings.